The molecule has 1 aliphatic rings. The molecule has 0 bridgehead atoms. The maximum atomic E-state index is 5.69. The minimum atomic E-state index is 0.287. The van der Waals surface area contributed by atoms with E-state index in [1.54, 1.807) is 11.3 Å². The molecule has 21 heavy (non-hydrogen) atoms. The molecule has 0 radical (unpaired) electrons. The molecule has 1 aromatic heterocycles. The normalized spacial score (nSPS) is 12.6. The van der Waals surface area contributed by atoms with E-state index in [9.17, 15) is 0 Å². The van der Waals surface area contributed by atoms with Gasteiger partial charge in [-0.2, -0.15) is 0 Å². The van der Waals surface area contributed by atoms with Crippen LogP contribution in [0.2, 0.25) is 0 Å². The first-order chi connectivity index (χ1) is 10.3. The molecule has 6 heteroatoms. The van der Waals surface area contributed by atoms with Crippen LogP contribution in [0.4, 0.5) is 0 Å². The summed E-state index contributed by atoms with van der Waals surface area (Å²) < 4.78 is 16.3. The minimum Gasteiger partial charge on any atom is -0.492 e. The second-order valence-electron chi connectivity index (χ2n) is 4.61. The first kappa shape index (κ1) is 14.2. The van der Waals surface area contributed by atoms with E-state index < -0.39 is 0 Å². The Balaban J connectivity index is 1.38. The molecule has 0 saturated carbocycles. The smallest absolute Gasteiger partial charge is 0.231 e. The molecule has 2 aromatic rings. The third-order valence-electron chi connectivity index (χ3n) is 3.09. The molecule has 3 rings (SSSR count). The third kappa shape index (κ3) is 3.65. The summed E-state index contributed by atoms with van der Waals surface area (Å²) in [5.74, 6) is 2.32. The van der Waals surface area contributed by atoms with Crippen molar-refractivity contribution in [3.63, 3.8) is 0 Å². The van der Waals surface area contributed by atoms with Gasteiger partial charge in [0.1, 0.15) is 12.4 Å². The van der Waals surface area contributed by atoms with Crippen LogP contribution in [0.25, 0.3) is 0 Å². The molecule has 0 unspecified atom stereocenters. The van der Waals surface area contributed by atoms with Crippen molar-refractivity contribution in [3.05, 3.63) is 34.3 Å². The van der Waals surface area contributed by atoms with E-state index in [0.29, 0.717) is 6.61 Å². The number of aryl methyl sites for hydroxylation is 1. The van der Waals surface area contributed by atoms with Gasteiger partial charge < -0.3 is 19.5 Å². The monoisotopic (exact) mass is 306 g/mol. The molecule has 2 heterocycles. The molecule has 1 N–H and O–H groups in total. The van der Waals surface area contributed by atoms with Gasteiger partial charge in [-0.15, -0.1) is 11.3 Å². The zero-order chi connectivity index (χ0) is 14.5. The molecule has 1 aliphatic heterocycles. The van der Waals surface area contributed by atoms with Crippen molar-refractivity contribution in [2.45, 2.75) is 19.9 Å². The largest absolute Gasteiger partial charge is 0.492 e. The lowest BCUT2D eigenvalue weighted by Crippen LogP contribution is -2.20. The number of hydrogen-bond donors (Lipinski definition) is 1. The van der Waals surface area contributed by atoms with E-state index >= 15 is 0 Å². The van der Waals surface area contributed by atoms with E-state index in [1.807, 2.05) is 24.4 Å². The van der Waals surface area contributed by atoms with E-state index in [1.165, 1.54) is 9.88 Å². The average molecular weight is 306 g/mol. The van der Waals surface area contributed by atoms with Gasteiger partial charge in [-0.1, -0.05) is 6.92 Å². The number of fused-ring (bicyclic) bond motifs is 1. The maximum absolute atomic E-state index is 5.69. The lowest BCUT2D eigenvalue weighted by molar-refractivity contribution is 0.173. The Morgan fingerprint density at radius 3 is 3.10 bits per heavy atom. The third-order valence-corrected chi connectivity index (χ3v) is 4.24. The molecule has 0 aliphatic carbocycles. The SMILES string of the molecule is CCc1ncc(CNCCOc2ccc3c(c2)OCO3)s1. The van der Waals surface area contributed by atoms with Crippen LogP contribution in [0.1, 0.15) is 16.8 Å². The summed E-state index contributed by atoms with van der Waals surface area (Å²) >= 11 is 1.76. The number of aromatic nitrogens is 1. The van der Waals surface area contributed by atoms with Gasteiger partial charge in [0.05, 0.1) is 5.01 Å². The number of nitrogens with one attached hydrogen (secondary N) is 1. The molecular weight excluding hydrogens is 288 g/mol. The van der Waals surface area contributed by atoms with Crippen LogP contribution >= 0.6 is 11.3 Å². The van der Waals surface area contributed by atoms with Crippen LogP contribution in [-0.4, -0.2) is 24.9 Å². The van der Waals surface area contributed by atoms with Gasteiger partial charge in [-0.25, -0.2) is 4.98 Å². The summed E-state index contributed by atoms with van der Waals surface area (Å²) in [5.41, 5.74) is 0. The lowest BCUT2D eigenvalue weighted by Gasteiger charge is -2.07. The highest BCUT2D eigenvalue weighted by molar-refractivity contribution is 7.11. The van der Waals surface area contributed by atoms with E-state index in [4.69, 9.17) is 14.2 Å². The van der Waals surface area contributed by atoms with Crippen molar-refractivity contribution < 1.29 is 14.2 Å². The lowest BCUT2D eigenvalue weighted by atomic mass is 10.3. The molecule has 0 saturated heterocycles. The molecule has 5 nitrogen and oxygen atoms in total. The number of hydrogen-bond acceptors (Lipinski definition) is 6. The van der Waals surface area contributed by atoms with Crippen molar-refractivity contribution in [1.29, 1.82) is 0 Å². The highest BCUT2D eigenvalue weighted by Gasteiger charge is 2.13. The fourth-order valence-corrected chi connectivity index (χ4v) is 2.84. The summed E-state index contributed by atoms with van der Waals surface area (Å²) in [5, 5.41) is 4.53. The number of rotatable bonds is 7. The Kier molecular flexibility index (Phi) is 4.57. The Morgan fingerprint density at radius 2 is 2.24 bits per heavy atom. The minimum absolute atomic E-state index is 0.287. The maximum Gasteiger partial charge on any atom is 0.231 e. The Morgan fingerprint density at radius 1 is 1.33 bits per heavy atom. The molecule has 0 fully saturated rings. The standard InChI is InChI=1S/C15H18N2O3S/c1-2-15-17-9-12(21-15)8-16-5-6-18-11-3-4-13-14(7-11)20-10-19-13/h3-4,7,9,16H,2,5-6,8,10H2,1H3. The Bertz CT molecular complexity index is 600. The fourth-order valence-electron chi connectivity index (χ4n) is 2.01. The van der Waals surface area contributed by atoms with Crippen LogP contribution in [0.15, 0.2) is 24.4 Å². The molecule has 1 aromatic carbocycles. The fraction of sp³-hybridized carbons (Fsp3) is 0.400. The van der Waals surface area contributed by atoms with Gasteiger partial charge in [0, 0.05) is 30.2 Å². The zero-order valence-corrected chi connectivity index (χ0v) is 12.7. The number of benzene rings is 1. The first-order valence-corrected chi connectivity index (χ1v) is 7.83. The predicted octanol–water partition coefficient (Wildman–Crippen LogP) is 2.60. The van der Waals surface area contributed by atoms with Crippen molar-refractivity contribution in [1.82, 2.24) is 10.3 Å². The van der Waals surface area contributed by atoms with Crippen molar-refractivity contribution in [2.75, 3.05) is 19.9 Å². The van der Waals surface area contributed by atoms with Crippen molar-refractivity contribution in [3.8, 4) is 17.2 Å². The summed E-state index contributed by atoms with van der Waals surface area (Å²) in [4.78, 5) is 5.60. The summed E-state index contributed by atoms with van der Waals surface area (Å²) in [6, 6.07) is 5.62. The van der Waals surface area contributed by atoms with Gasteiger partial charge in [0.2, 0.25) is 6.79 Å². The average Bonchev–Trinajstić information content (AvgIpc) is 3.15. The highest BCUT2D eigenvalue weighted by atomic mass is 32.1. The summed E-state index contributed by atoms with van der Waals surface area (Å²) in [6.07, 6.45) is 2.94. The van der Waals surface area contributed by atoms with E-state index in [-0.39, 0.29) is 6.79 Å². The zero-order valence-electron chi connectivity index (χ0n) is 11.9. The number of nitrogens with zero attached hydrogens (tertiary/aromatic N) is 1. The molecule has 0 atom stereocenters. The van der Waals surface area contributed by atoms with Gasteiger partial charge >= 0.3 is 0 Å². The van der Waals surface area contributed by atoms with Crippen LogP contribution in [0, 0.1) is 0 Å². The van der Waals surface area contributed by atoms with Crippen molar-refractivity contribution in [2.24, 2.45) is 0 Å². The van der Waals surface area contributed by atoms with Crippen LogP contribution in [0.5, 0.6) is 17.2 Å². The highest BCUT2D eigenvalue weighted by Crippen LogP contribution is 2.34. The van der Waals surface area contributed by atoms with Gasteiger partial charge in [0.15, 0.2) is 11.5 Å². The number of thiazole rings is 1. The topological polar surface area (TPSA) is 52.6 Å². The Hall–Kier alpha value is -1.79. The predicted molar refractivity (Wildman–Crippen MR) is 81.3 cm³/mol. The molecular formula is C15H18N2O3S. The van der Waals surface area contributed by atoms with Gasteiger partial charge in [-0.3, -0.25) is 0 Å². The Labute approximate surface area is 127 Å². The summed E-state index contributed by atoms with van der Waals surface area (Å²) in [7, 11) is 0. The summed E-state index contributed by atoms with van der Waals surface area (Å²) in [6.45, 7) is 4.64. The van der Waals surface area contributed by atoms with Crippen LogP contribution < -0.4 is 19.5 Å². The second-order valence-corrected chi connectivity index (χ2v) is 5.81. The van der Waals surface area contributed by atoms with Gasteiger partial charge in [0.25, 0.3) is 0 Å². The first-order valence-electron chi connectivity index (χ1n) is 7.02. The van der Waals surface area contributed by atoms with E-state index in [2.05, 4.69) is 17.2 Å². The van der Waals surface area contributed by atoms with Crippen LogP contribution in [-0.2, 0) is 13.0 Å². The molecule has 0 spiro atoms. The molecule has 0 amide bonds. The van der Waals surface area contributed by atoms with Gasteiger partial charge in [-0.05, 0) is 18.6 Å². The number of ether oxygens (including phenoxy) is 3. The quantitative estimate of drug-likeness (QED) is 0.797. The van der Waals surface area contributed by atoms with E-state index in [0.717, 1.165) is 36.8 Å². The second kappa shape index (κ2) is 6.78. The van der Waals surface area contributed by atoms with Crippen LogP contribution in [0.3, 0.4) is 0 Å². The van der Waals surface area contributed by atoms with Crippen molar-refractivity contribution >= 4 is 11.3 Å². The molecule has 112 valence electrons.